The van der Waals surface area contributed by atoms with E-state index < -0.39 is 5.60 Å². The molecule has 0 N–H and O–H groups in total. The molecule has 0 aromatic heterocycles. The molecule has 3 aromatic rings. The van der Waals surface area contributed by atoms with Gasteiger partial charge in [-0.2, -0.15) is 0 Å². The lowest BCUT2D eigenvalue weighted by atomic mass is 9.89. The summed E-state index contributed by atoms with van der Waals surface area (Å²) in [4.78, 5) is 12.9. The van der Waals surface area contributed by atoms with E-state index in [9.17, 15) is 4.79 Å². The number of allylic oxidation sites excluding steroid dienone is 1. The molecular formula is C25H24O3. The first-order valence-corrected chi connectivity index (χ1v) is 9.48. The Kier molecular flexibility index (Phi) is 4.46. The molecule has 0 radical (unpaired) electrons. The van der Waals surface area contributed by atoms with Crippen LogP contribution in [0.5, 0.6) is 5.75 Å². The molecule has 0 spiro atoms. The molecule has 0 fully saturated rings. The first-order chi connectivity index (χ1) is 13.4. The van der Waals surface area contributed by atoms with Gasteiger partial charge in [0.05, 0.1) is 12.7 Å². The predicted octanol–water partition coefficient (Wildman–Crippen LogP) is 5.72. The summed E-state index contributed by atoms with van der Waals surface area (Å²) in [6, 6.07) is 20.4. The third kappa shape index (κ3) is 3.29. The minimum Gasteiger partial charge on any atom is -0.497 e. The number of hydrogen-bond donors (Lipinski definition) is 0. The van der Waals surface area contributed by atoms with E-state index in [-0.39, 0.29) is 11.9 Å². The fraction of sp³-hybridized carbons (Fsp3) is 0.240. The summed E-state index contributed by atoms with van der Waals surface area (Å²) in [5, 5.41) is 2.33. The quantitative estimate of drug-likeness (QED) is 0.552. The van der Waals surface area contributed by atoms with Gasteiger partial charge in [0.1, 0.15) is 11.4 Å². The molecule has 1 aliphatic carbocycles. The molecule has 28 heavy (non-hydrogen) atoms. The second kappa shape index (κ2) is 6.83. The number of esters is 1. The van der Waals surface area contributed by atoms with Crippen molar-refractivity contribution in [2.45, 2.75) is 32.3 Å². The van der Waals surface area contributed by atoms with Crippen LogP contribution in [-0.4, -0.2) is 18.7 Å². The highest BCUT2D eigenvalue weighted by Crippen LogP contribution is 2.44. The van der Waals surface area contributed by atoms with E-state index in [0.29, 0.717) is 5.57 Å². The van der Waals surface area contributed by atoms with Crippen molar-refractivity contribution in [1.82, 2.24) is 0 Å². The summed E-state index contributed by atoms with van der Waals surface area (Å²) in [5.41, 5.74) is 3.33. The third-order valence-electron chi connectivity index (χ3n) is 5.00. The van der Waals surface area contributed by atoms with Gasteiger partial charge in [-0.05, 0) is 60.4 Å². The van der Waals surface area contributed by atoms with Crippen LogP contribution in [0.2, 0.25) is 0 Å². The van der Waals surface area contributed by atoms with Crippen LogP contribution in [0.25, 0.3) is 16.3 Å². The minimum absolute atomic E-state index is 0.00507. The lowest BCUT2D eigenvalue weighted by molar-refractivity contribution is -0.147. The van der Waals surface area contributed by atoms with E-state index in [1.807, 2.05) is 57.2 Å². The topological polar surface area (TPSA) is 35.5 Å². The molecule has 1 aliphatic rings. The van der Waals surface area contributed by atoms with Crippen molar-refractivity contribution in [2.24, 2.45) is 0 Å². The van der Waals surface area contributed by atoms with Crippen molar-refractivity contribution in [3.63, 3.8) is 0 Å². The van der Waals surface area contributed by atoms with E-state index in [4.69, 9.17) is 9.47 Å². The van der Waals surface area contributed by atoms with Crippen LogP contribution in [0.15, 0.2) is 66.7 Å². The first-order valence-electron chi connectivity index (χ1n) is 9.48. The Morgan fingerprint density at radius 3 is 2.32 bits per heavy atom. The van der Waals surface area contributed by atoms with Gasteiger partial charge in [-0.3, -0.25) is 0 Å². The van der Waals surface area contributed by atoms with Crippen LogP contribution in [0.3, 0.4) is 0 Å². The summed E-state index contributed by atoms with van der Waals surface area (Å²) >= 11 is 0. The van der Waals surface area contributed by atoms with Gasteiger partial charge in [-0.1, -0.05) is 54.6 Å². The van der Waals surface area contributed by atoms with E-state index in [1.54, 1.807) is 7.11 Å². The molecule has 3 aromatic carbocycles. The Morgan fingerprint density at radius 1 is 0.929 bits per heavy atom. The molecule has 3 heteroatoms. The Bertz CT molecular complexity index is 1070. The monoisotopic (exact) mass is 372 g/mol. The van der Waals surface area contributed by atoms with Gasteiger partial charge in [0, 0.05) is 5.92 Å². The maximum absolute atomic E-state index is 12.9. The molecule has 1 atom stereocenters. The number of hydrogen-bond acceptors (Lipinski definition) is 3. The van der Waals surface area contributed by atoms with Crippen molar-refractivity contribution in [3.8, 4) is 5.75 Å². The van der Waals surface area contributed by atoms with E-state index in [1.165, 1.54) is 5.39 Å². The van der Waals surface area contributed by atoms with Crippen LogP contribution in [-0.2, 0) is 9.53 Å². The average molecular weight is 372 g/mol. The first kappa shape index (κ1) is 18.3. The van der Waals surface area contributed by atoms with Crippen molar-refractivity contribution >= 4 is 22.3 Å². The zero-order valence-corrected chi connectivity index (χ0v) is 16.7. The van der Waals surface area contributed by atoms with Gasteiger partial charge in [-0.15, -0.1) is 0 Å². The molecule has 4 rings (SSSR count). The Morgan fingerprint density at radius 2 is 1.64 bits per heavy atom. The lowest BCUT2D eigenvalue weighted by Gasteiger charge is -2.20. The van der Waals surface area contributed by atoms with Gasteiger partial charge < -0.3 is 9.47 Å². The molecule has 0 saturated carbocycles. The summed E-state index contributed by atoms with van der Waals surface area (Å²) in [5.74, 6) is 0.533. The van der Waals surface area contributed by atoms with Crippen LogP contribution in [0, 0.1) is 0 Å². The van der Waals surface area contributed by atoms with Crippen LogP contribution in [0.1, 0.15) is 43.4 Å². The SMILES string of the molecule is COc1ccc(C2C=C(C(=O)OC(C)(C)C)c3ccc4ccccc4c32)cc1. The average Bonchev–Trinajstić information content (AvgIpc) is 3.07. The number of ether oxygens (including phenoxy) is 2. The molecular weight excluding hydrogens is 348 g/mol. The van der Waals surface area contributed by atoms with Gasteiger partial charge in [0.2, 0.25) is 0 Å². The number of rotatable bonds is 3. The standard InChI is InChI=1S/C25H24O3/c1-25(2,3)28-24(26)22-15-21(17-9-12-18(27-4)13-10-17)23-19-8-6-5-7-16(19)11-14-20(22)23/h5-15,21H,1-4H3. The van der Waals surface area contributed by atoms with E-state index in [0.717, 1.165) is 27.8 Å². The third-order valence-corrected chi connectivity index (χ3v) is 5.00. The second-order valence-corrected chi connectivity index (χ2v) is 8.08. The van der Waals surface area contributed by atoms with Gasteiger partial charge >= 0.3 is 5.97 Å². The zero-order valence-electron chi connectivity index (χ0n) is 16.7. The summed E-state index contributed by atoms with van der Waals surface area (Å²) in [6.07, 6.45) is 2.03. The number of carbonyl (C=O) groups excluding carboxylic acids is 1. The van der Waals surface area contributed by atoms with Gasteiger partial charge in [-0.25, -0.2) is 4.79 Å². The van der Waals surface area contributed by atoms with Crippen LogP contribution >= 0.6 is 0 Å². The summed E-state index contributed by atoms with van der Waals surface area (Å²) in [6.45, 7) is 5.67. The van der Waals surface area contributed by atoms with Crippen molar-refractivity contribution < 1.29 is 14.3 Å². The molecule has 0 bridgehead atoms. The van der Waals surface area contributed by atoms with Crippen molar-refractivity contribution in [3.05, 3.63) is 83.4 Å². The molecule has 142 valence electrons. The fourth-order valence-corrected chi connectivity index (χ4v) is 3.79. The van der Waals surface area contributed by atoms with Crippen LogP contribution < -0.4 is 4.74 Å². The summed E-state index contributed by atoms with van der Waals surface area (Å²) in [7, 11) is 1.66. The zero-order chi connectivity index (χ0) is 19.9. The molecule has 0 saturated heterocycles. The molecule has 0 amide bonds. The molecule has 0 heterocycles. The highest BCUT2D eigenvalue weighted by atomic mass is 16.6. The number of methoxy groups -OCH3 is 1. The van der Waals surface area contributed by atoms with Crippen molar-refractivity contribution in [1.29, 1.82) is 0 Å². The van der Waals surface area contributed by atoms with Crippen LogP contribution in [0.4, 0.5) is 0 Å². The molecule has 0 aliphatic heterocycles. The lowest BCUT2D eigenvalue weighted by Crippen LogP contribution is -2.24. The minimum atomic E-state index is -0.535. The fourth-order valence-electron chi connectivity index (χ4n) is 3.79. The Labute approximate surface area is 165 Å². The number of fused-ring (bicyclic) bond motifs is 3. The Hall–Kier alpha value is -3.07. The maximum atomic E-state index is 12.9. The van der Waals surface area contributed by atoms with Gasteiger partial charge in [0.15, 0.2) is 0 Å². The molecule has 3 nitrogen and oxygen atoms in total. The normalized spacial score (nSPS) is 15.9. The highest BCUT2D eigenvalue weighted by molar-refractivity contribution is 6.20. The predicted molar refractivity (Wildman–Crippen MR) is 113 cm³/mol. The van der Waals surface area contributed by atoms with Crippen molar-refractivity contribution in [2.75, 3.05) is 7.11 Å². The smallest absolute Gasteiger partial charge is 0.338 e. The summed E-state index contributed by atoms with van der Waals surface area (Å²) < 4.78 is 11.0. The Balaban J connectivity index is 1.88. The second-order valence-electron chi connectivity index (χ2n) is 8.08. The number of benzene rings is 3. The maximum Gasteiger partial charge on any atom is 0.338 e. The van der Waals surface area contributed by atoms with E-state index in [2.05, 4.69) is 30.3 Å². The molecule has 1 unspecified atom stereocenters. The number of carbonyl (C=O) groups is 1. The largest absolute Gasteiger partial charge is 0.497 e. The van der Waals surface area contributed by atoms with E-state index >= 15 is 0 Å². The van der Waals surface area contributed by atoms with Gasteiger partial charge in [0.25, 0.3) is 0 Å². The highest BCUT2D eigenvalue weighted by Gasteiger charge is 2.32.